The third-order valence-electron chi connectivity index (χ3n) is 2.39. The highest BCUT2D eigenvalue weighted by Crippen LogP contribution is 2.14. The van der Waals surface area contributed by atoms with Gasteiger partial charge in [0.05, 0.1) is 37.6 Å². The number of carboxylic acids is 1. The molecule has 6 nitrogen and oxygen atoms in total. The molecule has 0 saturated carbocycles. The number of carboxylic acid groups (broad SMARTS) is 1. The second-order valence-electron chi connectivity index (χ2n) is 3.61. The van der Waals surface area contributed by atoms with E-state index in [0.29, 0.717) is 18.9 Å². The van der Waals surface area contributed by atoms with Crippen molar-refractivity contribution in [3.05, 3.63) is 29.8 Å². The minimum absolute atomic E-state index is 0.246. The summed E-state index contributed by atoms with van der Waals surface area (Å²) in [6, 6.07) is 6.28. The van der Waals surface area contributed by atoms with Gasteiger partial charge >= 0.3 is 5.97 Å². The van der Waals surface area contributed by atoms with Gasteiger partial charge in [0.15, 0.2) is 0 Å². The Labute approximate surface area is 98.5 Å². The van der Waals surface area contributed by atoms with E-state index in [1.807, 2.05) is 5.01 Å². The Hall–Kier alpha value is -1.95. The SMILES string of the molecule is O=C(O)c1ccc(N=NN2CCOCC2)cc1. The summed E-state index contributed by atoms with van der Waals surface area (Å²) < 4.78 is 5.19. The number of ether oxygens (including phenoxy) is 1. The van der Waals surface area contributed by atoms with Crippen molar-refractivity contribution >= 4 is 11.7 Å². The molecule has 17 heavy (non-hydrogen) atoms. The van der Waals surface area contributed by atoms with Crippen LogP contribution >= 0.6 is 0 Å². The average molecular weight is 235 g/mol. The number of aromatic carboxylic acids is 1. The maximum Gasteiger partial charge on any atom is 0.335 e. The number of hydrogen-bond acceptors (Lipinski definition) is 4. The number of morpholine rings is 1. The molecule has 1 heterocycles. The molecule has 1 aromatic rings. The smallest absolute Gasteiger partial charge is 0.335 e. The predicted octanol–water partition coefficient (Wildman–Crippen LogP) is 1.72. The van der Waals surface area contributed by atoms with Crippen molar-refractivity contribution in [2.24, 2.45) is 10.3 Å². The first kappa shape index (κ1) is 11.5. The summed E-state index contributed by atoms with van der Waals surface area (Å²) in [5.41, 5.74) is 0.886. The first-order valence-corrected chi connectivity index (χ1v) is 5.33. The standard InChI is InChI=1S/C11H13N3O3/c15-11(16)9-1-3-10(4-2-9)12-13-14-5-7-17-8-6-14/h1-4H,5-8H2,(H,15,16). The third kappa shape index (κ3) is 3.25. The lowest BCUT2D eigenvalue weighted by molar-refractivity contribution is 0.0353. The summed E-state index contributed by atoms with van der Waals surface area (Å²) in [4.78, 5) is 10.6. The minimum atomic E-state index is -0.943. The summed E-state index contributed by atoms with van der Waals surface area (Å²) in [6.45, 7) is 2.79. The fourth-order valence-electron chi connectivity index (χ4n) is 1.43. The van der Waals surface area contributed by atoms with Crippen molar-refractivity contribution in [1.82, 2.24) is 5.01 Å². The first-order chi connectivity index (χ1) is 8.25. The van der Waals surface area contributed by atoms with Crippen LogP contribution in [0.4, 0.5) is 5.69 Å². The van der Waals surface area contributed by atoms with Gasteiger partial charge in [-0.1, -0.05) is 5.22 Å². The second kappa shape index (κ2) is 5.40. The van der Waals surface area contributed by atoms with E-state index in [1.165, 1.54) is 12.1 Å². The largest absolute Gasteiger partial charge is 0.478 e. The normalized spacial score (nSPS) is 16.4. The van der Waals surface area contributed by atoms with Crippen molar-refractivity contribution in [2.45, 2.75) is 0 Å². The number of rotatable bonds is 3. The van der Waals surface area contributed by atoms with E-state index in [-0.39, 0.29) is 5.56 Å². The Balaban J connectivity index is 1.98. The van der Waals surface area contributed by atoms with E-state index in [2.05, 4.69) is 10.3 Å². The quantitative estimate of drug-likeness (QED) is 0.809. The van der Waals surface area contributed by atoms with Gasteiger partial charge in [0.2, 0.25) is 0 Å². The average Bonchev–Trinajstić information content (AvgIpc) is 2.38. The van der Waals surface area contributed by atoms with Crippen LogP contribution < -0.4 is 0 Å². The zero-order chi connectivity index (χ0) is 12.1. The van der Waals surface area contributed by atoms with Gasteiger partial charge in [0.25, 0.3) is 0 Å². The van der Waals surface area contributed by atoms with Crippen molar-refractivity contribution in [1.29, 1.82) is 0 Å². The van der Waals surface area contributed by atoms with E-state index in [1.54, 1.807) is 12.1 Å². The lowest BCUT2D eigenvalue weighted by Crippen LogP contribution is -2.31. The monoisotopic (exact) mass is 235 g/mol. The summed E-state index contributed by atoms with van der Waals surface area (Å²) >= 11 is 0. The van der Waals surface area contributed by atoms with E-state index in [9.17, 15) is 4.79 Å². The number of nitrogens with zero attached hydrogens (tertiary/aromatic N) is 3. The van der Waals surface area contributed by atoms with Crippen LogP contribution in [0.1, 0.15) is 10.4 Å². The van der Waals surface area contributed by atoms with Crippen LogP contribution in [-0.4, -0.2) is 42.4 Å². The maximum absolute atomic E-state index is 10.6. The maximum atomic E-state index is 10.6. The van der Waals surface area contributed by atoms with Gasteiger partial charge in [-0.05, 0) is 24.3 Å². The molecule has 90 valence electrons. The zero-order valence-electron chi connectivity index (χ0n) is 9.24. The molecule has 1 N–H and O–H groups in total. The molecule has 1 fully saturated rings. The van der Waals surface area contributed by atoms with Gasteiger partial charge in [0, 0.05) is 0 Å². The highest BCUT2D eigenvalue weighted by molar-refractivity contribution is 5.87. The molecule has 1 aliphatic rings. The van der Waals surface area contributed by atoms with Crippen molar-refractivity contribution in [2.75, 3.05) is 26.3 Å². The lowest BCUT2D eigenvalue weighted by atomic mass is 10.2. The molecule has 1 saturated heterocycles. The van der Waals surface area contributed by atoms with Crippen LogP contribution in [0, 0.1) is 0 Å². The van der Waals surface area contributed by atoms with Crippen LogP contribution in [-0.2, 0) is 4.74 Å². The molecule has 0 spiro atoms. The van der Waals surface area contributed by atoms with Crippen LogP contribution in [0.2, 0.25) is 0 Å². The van der Waals surface area contributed by atoms with Crippen LogP contribution in [0.15, 0.2) is 34.6 Å². The highest BCUT2D eigenvalue weighted by atomic mass is 16.5. The predicted molar refractivity (Wildman–Crippen MR) is 60.3 cm³/mol. The van der Waals surface area contributed by atoms with Gasteiger partial charge in [-0.25, -0.2) is 4.79 Å². The molecule has 1 aromatic carbocycles. The number of carbonyl (C=O) groups is 1. The van der Waals surface area contributed by atoms with Crippen LogP contribution in [0.3, 0.4) is 0 Å². The molecule has 0 atom stereocenters. The van der Waals surface area contributed by atoms with E-state index >= 15 is 0 Å². The molecular formula is C11H13N3O3. The molecule has 0 bridgehead atoms. The Bertz CT molecular complexity index is 410. The van der Waals surface area contributed by atoms with Crippen molar-refractivity contribution in [3.63, 3.8) is 0 Å². The third-order valence-corrected chi connectivity index (χ3v) is 2.39. The Morgan fingerprint density at radius 1 is 1.24 bits per heavy atom. The van der Waals surface area contributed by atoms with E-state index in [0.717, 1.165) is 13.1 Å². The zero-order valence-corrected chi connectivity index (χ0v) is 9.24. The Morgan fingerprint density at radius 3 is 2.47 bits per heavy atom. The summed E-state index contributed by atoms with van der Waals surface area (Å²) in [6.07, 6.45) is 0. The first-order valence-electron chi connectivity index (χ1n) is 5.33. The summed E-state index contributed by atoms with van der Waals surface area (Å²) in [5, 5.41) is 18.7. The van der Waals surface area contributed by atoms with Gasteiger partial charge in [-0.3, -0.25) is 5.01 Å². The van der Waals surface area contributed by atoms with E-state index in [4.69, 9.17) is 9.84 Å². The van der Waals surface area contributed by atoms with Gasteiger partial charge in [-0.2, -0.15) is 0 Å². The molecule has 0 radical (unpaired) electrons. The number of hydrogen-bond donors (Lipinski definition) is 1. The minimum Gasteiger partial charge on any atom is -0.478 e. The fourth-order valence-corrected chi connectivity index (χ4v) is 1.43. The molecule has 0 aliphatic carbocycles. The summed E-state index contributed by atoms with van der Waals surface area (Å²) in [7, 11) is 0. The molecular weight excluding hydrogens is 222 g/mol. The highest BCUT2D eigenvalue weighted by Gasteiger charge is 2.07. The van der Waals surface area contributed by atoms with Gasteiger partial charge < -0.3 is 9.84 Å². The topological polar surface area (TPSA) is 74.5 Å². The lowest BCUT2D eigenvalue weighted by Gasteiger charge is -2.22. The fraction of sp³-hybridized carbons (Fsp3) is 0.364. The Kier molecular flexibility index (Phi) is 3.66. The van der Waals surface area contributed by atoms with Crippen molar-refractivity contribution < 1.29 is 14.6 Å². The molecule has 0 aromatic heterocycles. The van der Waals surface area contributed by atoms with Crippen molar-refractivity contribution in [3.8, 4) is 0 Å². The number of benzene rings is 1. The molecule has 6 heteroatoms. The van der Waals surface area contributed by atoms with Gasteiger partial charge in [0.1, 0.15) is 0 Å². The summed E-state index contributed by atoms with van der Waals surface area (Å²) in [5.74, 6) is -0.943. The second-order valence-corrected chi connectivity index (χ2v) is 3.61. The molecule has 1 aliphatic heterocycles. The van der Waals surface area contributed by atoms with Crippen LogP contribution in [0.5, 0.6) is 0 Å². The van der Waals surface area contributed by atoms with E-state index < -0.39 is 5.97 Å². The molecule has 2 rings (SSSR count). The molecule has 0 amide bonds. The van der Waals surface area contributed by atoms with Gasteiger partial charge in [-0.15, -0.1) is 5.11 Å². The van der Waals surface area contributed by atoms with Crippen LogP contribution in [0.25, 0.3) is 0 Å². The molecule has 0 unspecified atom stereocenters. The Morgan fingerprint density at radius 2 is 1.88 bits per heavy atom.